The molecule has 0 aliphatic carbocycles. The van der Waals surface area contributed by atoms with E-state index in [0.29, 0.717) is 6.61 Å². The van der Waals surface area contributed by atoms with E-state index in [1.807, 2.05) is 0 Å². The Morgan fingerprint density at radius 1 is 1.67 bits per heavy atom. The van der Waals surface area contributed by atoms with Crippen LogP contribution < -0.4 is 0 Å². The van der Waals surface area contributed by atoms with E-state index in [-0.39, 0.29) is 19.0 Å². The van der Waals surface area contributed by atoms with Gasteiger partial charge in [-0.3, -0.25) is 0 Å². The lowest BCUT2D eigenvalue weighted by Crippen LogP contribution is -2.17. The molecule has 0 unspecified atom stereocenters. The molecule has 1 rings (SSSR count). The molecule has 72 valence electrons. The summed E-state index contributed by atoms with van der Waals surface area (Å²) < 4.78 is 14.8. The van der Waals surface area contributed by atoms with Crippen molar-refractivity contribution in [3.63, 3.8) is 0 Å². The average molecular weight is 214 g/mol. The lowest BCUT2D eigenvalue weighted by atomic mass is 10.4. The van der Waals surface area contributed by atoms with E-state index in [1.165, 1.54) is 0 Å². The highest BCUT2D eigenvalue weighted by Crippen LogP contribution is 2.36. The van der Waals surface area contributed by atoms with E-state index in [2.05, 4.69) is 16.3 Å². The van der Waals surface area contributed by atoms with Crippen LogP contribution in [0, 0.1) is 0 Å². The van der Waals surface area contributed by atoms with Gasteiger partial charge in [0.05, 0.1) is 13.2 Å². The van der Waals surface area contributed by atoms with Crippen molar-refractivity contribution in [3.8, 4) is 0 Å². The minimum absolute atomic E-state index is 0.0641. The first-order valence-electron chi connectivity index (χ1n) is 3.44. The first-order valence-corrected chi connectivity index (χ1v) is 6.07. The molecule has 2 atom stereocenters. The predicted molar refractivity (Wildman–Crippen MR) is 45.0 cm³/mol. The summed E-state index contributed by atoms with van der Waals surface area (Å²) in [4.78, 5) is 17.4. The first kappa shape index (κ1) is 10.5. The minimum atomic E-state index is -3.54. The molecule has 7 heteroatoms. The van der Waals surface area contributed by atoms with E-state index in [0.717, 1.165) is 0 Å². The molecule has 0 aromatic carbocycles. The molecular formula is C5H11O5PS. The highest BCUT2D eigenvalue weighted by molar-refractivity contribution is 8.06. The Morgan fingerprint density at radius 3 is 2.75 bits per heavy atom. The van der Waals surface area contributed by atoms with Gasteiger partial charge in [0, 0.05) is 0 Å². The molecule has 0 aromatic rings. The van der Waals surface area contributed by atoms with Gasteiger partial charge in [-0.1, -0.05) is 0 Å². The largest absolute Gasteiger partial charge is 0.350 e. The first-order chi connectivity index (χ1) is 5.47. The Balaban J connectivity index is 2.21. The Hall–Kier alpha value is 0.450. The van der Waals surface area contributed by atoms with Gasteiger partial charge < -0.3 is 23.8 Å². The zero-order valence-corrected chi connectivity index (χ0v) is 8.25. The molecule has 12 heavy (non-hydrogen) atoms. The SMILES string of the molecule is C[C@@H]1OC[C@@H](COP(O)(O)=S)O1. The lowest BCUT2D eigenvalue weighted by Gasteiger charge is -2.11. The van der Waals surface area contributed by atoms with E-state index < -0.39 is 6.72 Å². The summed E-state index contributed by atoms with van der Waals surface area (Å²) >= 11 is 4.25. The van der Waals surface area contributed by atoms with Crippen LogP contribution in [0.15, 0.2) is 0 Å². The quantitative estimate of drug-likeness (QED) is 0.643. The summed E-state index contributed by atoms with van der Waals surface area (Å²) in [5, 5.41) is 0. The molecule has 0 aromatic heterocycles. The Morgan fingerprint density at radius 2 is 2.33 bits per heavy atom. The maximum atomic E-state index is 8.71. The second-order valence-electron chi connectivity index (χ2n) is 2.45. The molecule has 1 aliphatic heterocycles. The molecule has 2 N–H and O–H groups in total. The van der Waals surface area contributed by atoms with E-state index in [4.69, 9.17) is 19.3 Å². The van der Waals surface area contributed by atoms with Gasteiger partial charge in [0.15, 0.2) is 6.29 Å². The average Bonchev–Trinajstić information content (AvgIpc) is 2.30. The number of hydrogen-bond acceptors (Lipinski definition) is 4. The zero-order chi connectivity index (χ0) is 9.19. The van der Waals surface area contributed by atoms with Gasteiger partial charge >= 0.3 is 6.72 Å². The molecular weight excluding hydrogens is 203 g/mol. The summed E-state index contributed by atoms with van der Waals surface area (Å²) in [7, 11) is 0. The molecule has 0 amide bonds. The highest BCUT2D eigenvalue weighted by atomic mass is 32.5. The van der Waals surface area contributed by atoms with Gasteiger partial charge in [-0.25, -0.2) is 0 Å². The Kier molecular flexibility index (Phi) is 3.60. The molecule has 0 spiro atoms. The van der Waals surface area contributed by atoms with Crippen LogP contribution in [0.3, 0.4) is 0 Å². The maximum absolute atomic E-state index is 8.71. The number of ether oxygens (including phenoxy) is 2. The summed E-state index contributed by atoms with van der Waals surface area (Å²) in [6.07, 6.45) is -0.504. The molecule has 1 saturated heterocycles. The van der Waals surface area contributed by atoms with Gasteiger partial charge in [-0.2, -0.15) is 0 Å². The third kappa shape index (κ3) is 3.91. The molecule has 1 aliphatic rings. The third-order valence-corrected chi connectivity index (χ3v) is 2.13. The van der Waals surface area contributed by atoms with Crippen LogP contribution in [0.2, 0.25) is 0 Å². The molecule has 1 heterocycles. The Labute approximate surface area is 75.5 Å². The second-order valence-corrected chi connectivity index (χ2v) is 5.11. The fraction of sp³-hybridized carbons (Fsp3) is 1.00. The topological polar surface area (TPSA) is 68.2 Å². The summed E-state index contributed by atoms with van der Waals surface area (Å²) in [5.41, 5.74) is 0. The van der Waals surface area contributed by atoms with E-state index >= 15 is 0 Å². The molecule has 1 fully saturated rings. The normalized spacial score (nSPS) is 30.9. The second kappa shape index (κ2) is 4.11. The number of rotatable bonds is 3. The van der Waals surface area contributed by atoms with Gasteiger partial charge in [0.1, 0.15) is 6.10 Å². The smallest absolute Gasteiger partial charge is 0.321 e. The van der Waals surface area contributed by atoms with Crippen molar-refractivity contribution in [1.82, 2.24) is 0 Å². The standard InChI is InChI=1S/C5H11O5PS/c1-4-8-2-5(10-4)3-9-11(6,7)12/h4-5H,2-3H2,1H3,(H2,6,7,12)/t4-,5+/m1/s1. The van der Waals surface area contributed by atoms with Gasteiger partial charge in [-0.15, -0.1) is 0 Å². The molecule has 0 radical (unpaired) electrons. The van der Waals surface area contributed by atoms with Crippen molar-refractivity contribution < 1.29 is 23.8 Å². The molecule has 0 saturated carbocycles. The predicted octanol–water partition coefficient (Wildman–Crippen LogP) is -0.0265. The van der Waals surface area contributed by atoms with Crippen LogP contribution in [0.25, 0.3) is 0 Å². The molecule has 5 nitrogen and oxygen atoms in total. The zero-order valence-electron chi connectivity index (χ0n) is 6.54. The van der Waals surface area contributed by atoms with Crippen molar-refractivity contribution in [1.29, 1.82) is 0 Å². The monoisotopic (exact) mass is 214 g/mol. The van der Waals surface area contributed by atoms with Gasteiger partial charge in [0.2, 0.25) is 0 Å². The van der Waals surface area contributed by atoms with Crippen LogP contribution in [-0.4, -0.2) is 35.4 Å². The third-order valence-electron chi connectivity index (χ3n) is 1.33. The van der Waals surface area contributed by atoms with Gasteiger partial charge in [0.25, 0.3) is 0 Å². The fourth-order valence-electron chi connectivity index (χ4n) is 0.860. The fourth-order valence-corrected chi connectivity index (χ4v) is 1.40. The van der Waals surface area contributed by atoms with Crippen molar-refractivity contribution in [2.24, 2.45) is 0 Å². The van der Waals surface area contributed by atoms with Crippen LogP contribution in [-0.2, 0) is 25.8 Å². The van der Waals surface area contributed by atoms with Crippen LogP contribution in [0.4, 0.5) is 0 Å². The Bertz CT molecular complexity index is 192. The number of hydrogen-bond donors (Lipinski definition) is 2. The van der Waals surface area contributed by atoms with E-state index in [1.54, 1.807) is 6.92 Å². The van der Waals surface area contributed by atoms with Crippen molar-refractivity contribution >= 4 is 18.5 Å². The van der Waals surface area contributed by atoms with E-state index in [9.17, 15) is 0 Å². The van der Waals surface area contributed by atoms with Crippen molar-refractivity contribution in [2.75, 3.05) is 13.2 Å². The van der Waals surface area contributed by atoms with Crippen molar-refractivity contribution in [2.45, 2.75) is 19.3 Å². The lowest BCUT2D eigenvalue weighted by molar-refractivity contribution is -0.0493. The maximum Gasteiger partial charge on any atom is 0.321 e. The van der Waals surface area contributed by atoms with Gasteiger partial charge in [-0.05, 0) is 18.7 Å². The van der Waals surface area contributed by atoms with Crippen LogP contribution in [0.5, 0.6) is 0 Å². The summed E-state index contributed by atoms with van der Waals surface area (Å²) in [6, 6.07) is 0. The summed E-state index contributed by atoms with van der Waals surface area (Å²) in [6.45, 7) is -1.32. The highest BCUT2D eigenvalue weighted by Gasteiger charge is 2.24. The van der Waals surface area contributed by atoms with Crippen LogP contribution >= 0.6 is 6.72 Å². The summed E-state index contributed by atoms with van der Waals surface area (Å²) in [5.74, 6) is 0. The van der Waals surface area contributed by atoms with Crippen LogP contribution in [0.1, 0.15) is 6.92 Å². The minimum Gasteiger partial charge on any atom is -0.350 e. The molecule has 0 bridgehead atoms. The van der Waals surface area contributed by atoms with Crippen molar-refractivity contribution in [3.05, 3.63) is 0 Å².